The van der Waals surface area contributed by atoms with Crippen molar-refractivity contribution in [3.63, 3.8) is 0 Å². The molecule has 1 heterocycles. The van der Waals surface area contributed by atoms with Crippen LogP contribution in [0.3, 0.4) is 0 Å². The fraction of sp³-hybridized carbons (Fsp3) is 0.889. The molecule has 1 aliphatic heterocycles. The zero-order valence-electron chi connectivity index (χ0n) is 9.70. The van der Waals surface area contributed by atoms with Gasteiger partial charge in [0.15, 0.2) is 0 Å². The molecule has 0 aromatic carbocycles. The molecule has 0 atom stereocenters. The second-order valence-electron chi connectivity index (χ2n) is 4.46. The second-order valence-corrected chi connectivity index (χ2v) is 8.51. The van der Waals surface area contributed by atoms with E-state index in [1.54, 1.807) is 14.2 Å². The number of hydrogen-bond acceptors (Lipinski definition) is 4. The van der Waals surface area contributed by atoms with E-state index in [2.05, 4.69) is 30.3 Å². The summed E-state index contributed by atoms with van der Waals surface area (Å²) in [7, 11) is 1.13. The van der Waals surface area contributed by atoms with Crippen LogP contribution in [0.1, 0.15) is 20.8 Å². The van der Waals surface area contributed by atoms with E-state index >= 15 is 0 Å². The molecule has 0 spiro atoms. The van der Waals surface area contributed by atoms with E-state index in [-0.39, 0.29) is 5.04 Å². The molecule has 0 aromatic heterocycles. The highest BCUT2D eigenvalue weighted by molar-refractivity contribution is 6.69. The standard InChI is InChI=1S/C9H20N2O2Si/c1-9(2,3)14(12-4,13-5)11-7-6-10-8-11/h8H,6-7H2,1-5H3. The van der Waals surface area contributed by atoms with Crippen molar-refractivity contribution in [1.82, 2.24) is 4.57 Å². The van der Waals surface area contributed by atoms with Gasteiger partial charge in [-0.2, -0.15) is 0 Å². The van der Waals surface area contributed by atoms with E-state index in [9.17, 15) is 0 Å². The van der Waals surface area contributed by atoms with Crippen LogP contribution in [-0.4, -0.2) is 46.9 Å². The Morgan fingerprint density at radius 2 is 1.86 bits per heavy atom. The van der Waals surface area contributed by atoms with E-state index in [1.165, 1.54) is 0 Å². The van der Waals surface area contributed by atoms with Gasteiger partial charge in [-0.3, -0.25) is 4.99 Å². The van der Waals surface area contributed by atoms with Crippen LogP contribution in [0.4, 0.5) is 0 Å². The Kier molecular flexibility index (Phi) is 3.34. The van der Waals surface area contributed by atoms with Crippen molar-refractivity contribution in [1.29, 1.82) is 0 Å². The minimum absolute atomic E-state index is 0.00681. The molecule has 1 aliphatic rings. The monoisotopic (exact) mass is 216 g/mol. The van der Waals surface area contributed by atoms with Crippen molar-refractivity contribution < 1.29 is 8.85 Å². The molecule has 0 bridgehead atoms. The highest BCUT2D eigenvalue weighted by Gasteiger charge is 2.54. The van der Waals surface area contributed by atoms with Gasteiger partial charge in [0, 0.05) is 25.8 Å². The Bertz CT molecular complexity index is 221. The number of aliphatic imine (C=N–C) groups is 1. The van der Waals surface area contributed by atoms with Gasteiger partial charge in [0.1, 0.15) is 0 Å². The molecule has 0 fully saturated rings. The lowest BCUT2D eigenvalue weighted by atomic mass is 10.3. The van der Waals surface area contributed by atoms with Gasteiger partial charge >= 0.3 is 8.72 Å². The van der Waals surface area contributed by atoms with Crippen molar-refractivity contribution in [3.8, 4) is 0 Å². The first kappa shape index (κ1) is 11.7. The number of nitrogens with zero attached hydrogens (tertiary/aromatic N) is 2. The average Bonchev–Trinajstić information content (AvgIpc) is 2.58. The van der Waals surface area contributed by atoms with Gasteiger partial charge in [0.25, 0.3) is 0 Å². The summed E-state index contributed by atoms with van der Waals surface area (Å²) in [5, 5.41) is 0.00681. The van der Waals surface area contributed by atoms with Crippen LogP contribution in [-0.2, 0) is 8.85 Å². The third-order valence-electron chi connectivity index (χ3n) is 2.57. The van der Waals surface area contributed by atoms with E-state index in [0.717, 1.165) is 13.1 Å². The van der Waals surface area contributed by atoms with Crippen LogP contribution < -0.4 is 0 Å². The summed E-state index contributed by atoms with van der Waals surface area (Å²) in [6.45, 7) is 8.21. The maximum atomic E-state index is 5.69. The zero-order valence-corrected chi connectivity index (χ0v) is 10.7. The Morgan fingerprint density at radius 3 is 2.14 bits per heavy atom. The predicted octanol–water partition coefficient (Wildman–Crippen LogP) is 1.36. The van der Waals surface area contributed by atoms with Crippen LogP contribution in [0.2, 0.25) is 5.04 Å². The lowest BCUT2D eigenvalue weighted by molar-refractivity contribution is 0.170. The Morgan fingerprint density at radius 1 is 1.29 bits per heavy atom. The summed E-state index contributed by atoms with van der Waals surface area (Å²) in [4.78, 5) is 4.22. The van der Waals surface area contributed by atoms with Crippen LogP contribution in [0, 0.1) is 0 Å². The molecule has 14 heavy (non-hydrogen) atoms. The van der Waals surface area contributed by atoms with Gasteiger partial charge in [0.05, 0.1) is 12.9 Å². The highest BCUT2D eigenvalue weighted by atomic mass is 28.4. The Balaban J connectivity index is 2.96. The molecular weight excluding hydrogens is 196 g/mol. The van der Waals surface area contributed by atoms with E-state index < -0.39 is 8.72 Å². The maximum absolute atomic E-state index is 5.69. The third kappa shape index (κ3) is 1.71. The molecule has 5 heteroatoms. The van der Waals surface area contributed by atoms with Crippen molar-refractivity contribution >= 4 is 15.1 Å². The number of rotatable bonds is 3. The van der Waals surface area contributed by atoms with Crippen LogP contribution in [0.5, 0.6) is 0 Å². The average molecular weight is 216 g/mol. The third-order valence-corrected chi connectivity index (χ3v) is 6.67. The fourth-order valence-electron chi connectivity index (χ4n) is 1.96. The molecule has 0 aliphatic carbocycles. The molecule has 82 valence electrons. The summed E-state index contributed by atoms with van der Waals surface area (Å²) >= 11 is 0. The van der Waals surface area contributed by atoms with Crippen molar-refractivity contribution in [2.24, 2.45) is 4.99 Å². The Hall–Kier alpha value is -0.393. The lowest BCUT2D eigenvalue weighted by Crippen LogP contribution is -2.62. The SMILES string of the molecule is CO[Si](OC)(N1C=NCC1)C(C)(C)C. The highest BCUT2D eigenvalue weighted by Crippen LogP contribution is 2.39. The van der Waals surface area contributed by atoms with Crippen molar-refractivity contribution in [2.75, 3.05) is 27.3 Å². The first-order valence-corrected chi connectivity index (χ1v) is 6.61. The first-order valence-electron chi connectivity index (χ1n) is 4.85. The van der Waals surface area contributed by atoms with Crippen LogP contribution in [0.15, 0.2) is 4.99 Å². The number of hydrogen-bond donors (Lipinski definition) is 0. The molecule has 0 aromatic rings. The second kappa shape index (κ2) is 4.00. The fourth-order valence-corrected chi connectivity index (χ4v) is 5.31. The minimum Gasteiger partial charge on any atom is -0.381 e. The molecular formula is C9H20N2O2Si. The summed E-state index contributed by atoms with van der Waals surface area (Å²) in [6.07, 6.45) is 1.87. The first-order chi connectivity index (χ1) is 6.48. The quantitative estimate of drug-likeness (QED) is 0.668. The van der Waals surface area contributed by atoms with Crippen molar-refractivity contribution in [2.45, 2.75) is 25.8 Å². The molecule has 0 saturated heterocycles. The molecule has 0 saturated carbocycles. The van der Waals surface area contributed by atoms with Gasteiger partial charge in [-0.25, -0.2) is 0 Å². The summed E-state index contributed by atoms with van der Waals surface area (Å²) in [6, 6.07) is 0. The molecule has 1 rings (SSSR count). The van der Waals surface area contributed by atoms with Gasteiger partial charge in [-0.05, 0) is 0 Å². The van der Waals surface area contributed by atoms with E-state index in [0.29, 0.717) is 0 Å². The maximum Gasteiger partial charge on any atom is 0.465 e. The predicted molar refractivity (Wildman–Crippen MR) is 59.6 cm³/mol. The van der Waals surface area contributed by atoms with Gasteiger partial charge in [-0.15, -0.1) is 0 Å². The lowest BCUT2D eigenvalue weighted by Gasteiger charge is -2.43. The summed E-state index contributed by atoms with van der Waals surface area (Å²) in [5.41, 5.74) is 0. The largest absolute Gasteiger partial charge is 0.465 e. The molecule has 4 nitrogen and oxygen atoms in total. The van der Waals surface area contributed by atoms with Crippen LogP contribution in [0.25, 0.3) is 0 Å². The van der Waals surface area contributed by atoms with Crippen molar-refractivity contribution in [3.05, 3.63) is 0 Å². The molecule has 0 radical (unpaired) electrons. The zero-order chi connectivity index (χ0) is 10.8. The van der Waals surface area contributed by atoms with Gasteiger partial charge in [0.2, 0.25) is 0 Å². The van der Waals surface area contributed by atoms with Crippen LogP contribution >= 0.6 is 0 Å². The molecule has 0 unspecified atom stereocenters. The normalized spacial score (nSPS) is 17.9. The smallest absolute Gasteiger partial charge is 0.381 e. The summed E-state index contributed by atoms with van der Waals surface area (Å²) < 4.78 is 13.5. The summed E-state index contributed by atoms with van der Waals surface area (Å²) in [5.74, 6) is 0. The van der Waals surface area contributed by atoms with Gasteiger partial charge < -0.3 is 13.4 Å². The minimum atomic E-state index is -2.33. The Labute approximate surface area is 87.2 Å². The van der Waals surface area contributed by atoms with E-state index in [1.807, 2.05) is 6.34 Å². The van der Waals surface area contributed by atoms with E-state index in [4.69, 9.17) is 8.85 Å². The molecule has 0 N–H and O–H groups in total. The topological polar surface area (TPSA) is 34.1 Å². The molecule has 0 amide bonds. The van der Waals surface area contributed by atoms with Gasteiger partial charge in [-0.1, -0.05) is 20.8 Å².